The van der Waals surface area contributed by atoms with Crippen molar-refractivity contribution >= 4 is 93.2 Å². The summed E-state index contributed by atoms with van der Waals surface area (Å²) in [5.41, 5.74) is 6.91. The van der Waals surface area contributed by atoms with Gasteiger partial charge in [0.1, 0.15) is 23.0 Å². The summed E-state index contributed by atoms with van der Waals surface area (Å²) in [7, 11) is 0. The van der Waals surface area contributed by atoms with Crippen molar-refractivity contribution in [2.24, 2.45) is 0 Å². The van der Waals surface area contributed by atoms with Gasteiger partial charge in [0.25, 0.3) is 6.71 Å². The first-order valence-electron chi connectivity index (χ1n) is 16.6. The van der Waals surface area contributed by atoms with Crippen molar-refractivity contribution in [1.82, 2.24) is 0 Å². The normalized spacial score (nSPS) is 12.8. The van der Waals surface area contributed by atoms with Gasteiger partial charge in [-0.25, -0.2) is 0 Å². The molecule has 2 aliphatic heterocycles. The maximum atomic E-state index is 6.71. The van der Waals surface area contributed by atoms with Crippen LogP contribution in [0.2, 0.25) is 0 Å². The molecule has 0 unspecified atom stereocenters. The van der Waals surface area contributed by atoms with Gasteiger partial charge in [-0.15, -0.1) is 11.3 Å². The van der Waals surface area contributed by atoms with Crippen molar-refractivity contribution in [3.8, 4) is 23.0 Å². The van der Waals surface area contributed by atoms with Gasteiger partial charge in [-0.1, -0.05) is 91.0 Å². The third-order valence-corrected chi connectivity index (χ3v) is 11.3. The van der Waals surface area contributed by atoms with E-state index >= 15 is 0 Å². The Bertz CT molecular complexity index is 2750. The van der Waals surface area contributed by atoms with Crippen LogP contribution in [0.5, 0.6) is 23.0 Å². The fourth-order valence-corrected chi connectivity index (χ4v) is 9.26. The van der Waals surface area contributed by atoms with Gasteiger partial charge in [0, 0.05) is 42.7 Å². The van der Waals surface area contributed by atoms with Crippen LogP contribution in [-0.4, -0.2) is 6.71 Å². The predicted molar refractivity (Wildman–Crippen MR) is 207 cm³/mol. The van der Waals surface area contributed by atoms with Gasteiger partial charge in [-0.3, -0.25) is 0 Å². The van der Waals surface area contributed by atoms with Crippen LogP contribution in [0.4, 0.5) is 17.1 Å². The van der Waals surface area contributed by atoms with Crippen LogP contribution in [0.1, 0.15) is 0 Å². The van der Waals surface area contributed by atoms with Crippen molar-refractivity contribution in [2.75, 3.05) is 4.90 Å². The summed E-state index contributed by atoms with van der Waals surface area (Å²) >= 11 is 1.87. The summed E-state index contributed by atoms with van der Waals surface area (Å²) in [6.45, 7) is 0.0145. The van der Waals surface area contributed by atoms with E-state index in [-0.39, 0.29) is 6.71 Å². The molecule has 0 saturated heterocycles. The second kappa shape index (κ2) is 10.2. The molecule has 0 fully saturated rings. The number of benzene rings is 8. The number of fused-ring (bicyclic) bond motifs is 11. The van der Waals surface area contributed by atoms with Crippen molar-refractivity contribution in [1.29, 1.82) is 0 Å². The van der Waals surface area contributed by atoms with Crippen molar-refractivity contribution in [2.45, 2.75) is 0 Å². The van der Waals surface area contributed by atoms with E-state index in [1.807, 2.05) is 17.4 Å². The first kappa shape index (κ1) is 27.0. The molecule has 0 spiro atoms. The average Bonchev–Trinajstić information content (AvgIpc) is 3.52. The van der Waals surface area contributed by atoms with Crippen LogP contribution < -0.4 is 30.8 Å². The SMILES string of the molecule is c1ccc(N(c2ccccc2)c2ccc3c(ccc4c5cc6c(cc5sc34)B3c4c(cccc4Oc4ccc5ccccc5c43)O6)c2)cc1. The Balaban J connectivity index is 1.10. The van der Waals surface area contributed by atoms with Gasteiger partial charge in [0.2, 0.25) is 0 Å². The number of thiophene rings is 1. The summed E-state index contributed by atoms with van der Waals surface area (Å²) in [5, 5.41) is 7.39. The Hall–Kier alpha value is -6.04. The van der Waals surface area contributed by atoms with Crippen molar-refractivity contribution in [3.05, 3.63) is 158 Å². The summed E-state index contributed by atoms with van der Waals surface area (Å²) in [6.07, 6.45) is 0. The maximum absolute atomic E-state index is 6.71. The zero-order chi connectivity index (χ0) is 32.1. The lowest BCUT2D eigenvalue weighted by molar-refractivity contribution is 0.465. The Morgan fingerprint density at radius 2 is 1.10 bits per heavy atom. The zero-order valence-electron chi connectivity index (χ0n) is 26.3. The molecule has 228 valence electrons. The van der Waals surface area contributed by atoms with Gasteiger partial charge in [0.15, 0.2) is 0 Å². The molecule has 0 saturated carbocycles. The molecule has 9 aromatic rings. The van der Waals surface area contributed by atoms with Crippen molar-refractivity contribution < 1.29 is 9.47 Å². The highest BCUT2D eigenvalue weighted by atomic mass is 32.1. The van der Waals surface area contributed by atoms with E-state index in [0.717, 1.165) is 45.5 Å². The van der Waals surface area contributed by atoms with E-state index in [4.69, 9.17) is 9.47 Å². The maximum Gasteiger partial charge on any atom is 0.261 e. The average molecular weight is 644 g/mol. The summed E-state index contributed by atoms with van der Waals surface area (Å²) in [4.78, 5) is 2.32. The second-order valence-electron chi connectivity index (χ2n) is 12.8. The van der Waals surface area contributed by atoms with Crippen LogP contribution >= 0.6 is 11.3 Å². The standard InChI is InChI=1S/C44H26BNO2S/c1-3-11-29(12-4-1)46(30-13-5-2-6-14-30)31-20-22-33-28(24-31)18-21-34-35-25-40-36(26-41(35)49-44(33)34)45-42-32-15-8-7-10-27(32)19-23-39(42)47-37-16-9-17-38(48-40)43(37)45/h1-26H. The predicted octanol–water partition coefficient (Wildman–Crippen LogP) is 10.6. The lowest BCUT2D eigenvalue weighted by Gasteiger charge is -2.33. The molecule has 5 heteroatoms. The number of nitrogens with zero attached hydrogens (tertiary/aromatic N) is 1. The number of anilines is 3. The van der Waals surface area contributed by atoms with E-state index in [9.17, 15) is 0 Å². The number of hydrogen-bond donors (Lipinski definition) is 0. The quantitative estimate of drug-likeness (QED) is 0.179. The molecule has 0 bridgehead atoms. The van der Waals surface area contributed by atoms with Crippen molar-refractivity contribution in [3.63, 3.8) is 0 Å². The molecule has 8 aromatic carbocycles. The van der Waals surface area contributed by atoms with Gasteiger partial charge in [0.05, 0.1) is 0 Å². The van der Waals surface area contributed by atoms with Gasteiger partial charge < -0.3 is 14.4 Å². The van der Waals surface area contributed by atoms with Crippen LogP contribution in [0.3, 0.4) is 0 Å². The van der Waals surface area contributed by atoms with Crippen LogP contribution in [-0.2, 0) is 0 Å². The lowest BCUT2D eigenvalue weighted by Crippen LogP contribution is -2.57. The van der Waals surface area contributed by atoms with Crippen LogP contribution in [0, 0.1) is 0 Å². The topological polar surface area (TPSA) is 21.7 Å². The highest BCUT2D eigenvalue weighted by Gasteiger charge is 2.41. The van der Waals surface area contributed by atoms with E-state index in [2.05, 4.69) is 157 Å². The molecule has 3 nitrogen and oxygen atoms in total. The summed E-state index contributed by atoms with van der Waals surface area (Å²) in [5.74, 6) is 3.57. The smallest absolute Gasteiger partial charge is 0.261 e. The molecule has 49 heavy (non-hydrogen) atoms. The highest BCUT2D eigenvalue weighted by molar-refractivity contribution is 7.26. The van der Waals surface area contributed by atoms with E-state index < -0.39 is 0 Å². The number of ether oxygens (including phenoxy) is 2. The first-order chi connectivity index (χ1) is 24.3. The van der Waals surface area contributed by atoms with Gasteiger partial charge >= 0.3 is 0 Å². The first-order valence-corrected chi connectivity index (χ1v) is 17.4. The molecule has 0 N–H and O–H groups in total. The Kier molecular flexibility index (Phi) is 5.63. The minimum atomic E-state index is 0.0145. The monoisotopic (exact) mass is 643 g/mol. The van der Waals surface area contributed by atoms with Gasteiger partial charge in [-0.05, 0) is 99.2 Å². The van der Waals surface area contributed by atoms with E-state index in [1.165, 1.54) is 52.6 Å². The molecule has 0 radical (unpaired) electrons. The fourth-order valence-electron chi connectivity index (χ4n) is 7.99. The number of para-hydroxylation sites is 2. The Morgan fingerprint density at radius 1 is 0.429 bits per heavy atom. The number of rotatable bonds is 3. The number of hydrogen-bond acceptors (Lipinski definition) is 4. The largest absolute Gasteiger partial charge is 0.458 e. The van der Waals surface area contributed by atoms with Crippen LogP contribution in [0.25, 0.3) is 41.7 Å². The molecule has 3 heterocycles. The zero-order valence-corrected chi connectivity index (χ0v) is 27.1. The molecule has 11 rings (SSSR count). The summed E-state index contributed by atoms with van der Waals surface area (Å²) < 4.78 is 15.8. The molecule has 0 amide bonds. The molecule has 0 atom stereocenters. The van der Waals surface area contributed by atoms with Crippen LogP contribution in [0.15, 0.2) is 158 Å². The Morgan fingerprint density at radius 3 is 1.90 bits per heavy atom. The minimum absolute atomic E-state index is 0.0145. The minimum Gasteiger partial charge on any atom is -0.458 e. The third kappa shape index (κ3) is 3.97. The van der Waals surface area contributed by atoms with E-state index in [1.54, 1.807) is 0 Å². The summed E-state index contributed by atoms with van der Waals surface area (Å²) in [6, 6.07) is 56.3. The second-order valence-corrected chi connectivity index (χ2v) is 13.9. The highest BCUT2D eigenvalue weighted by Crippen LogP contribution is 2.44. The molecular formula is C44H26BNO2S. The third-order valence-electron chi connectivity index (χ3n) is 10.1. The molecule has 0 aliphatic carbocycles. The Labute approximate surface area is 287 Å². The lowest BCUT2D eigenvalue weighted by atomic mass is 9.34. The molecule has 1 aromatic heterocycles. The van der Waals surface area contributed by atoms with E-state index in [0.29, 0.717) is 0 Å². The molecular weight excluding hydrogens is 617 g/mol. The molecule has 2 aliphatic rings. The fraction of sp³-hybridized carbons (Fsp3) is 0. The van der Waals surface area contributed by atoms with Gasteiger partial charge in [-0.2, -0.15) is 0 Å².